The van der Waals surface area contributed by atoms with Crippen molar-refractivity contribution in [1.29, 1.82) is 0 Å². The Labute approximate surface area is 194 Å². The lowest BCUT2D eigenvalue weighted by molar-refractivity contribution is -0.131. The van der Waals surface area contributed by atoms with Gasteiger partial charge in [0.05, 0.1) is 20.3 Å². The van der Waals surface area contributed by atoms with E-state index >= 15 is 0 Å². The molecule has 1 aromatic carbocycles. The Bertz CT molecular complexity index is 1150. The van der Waals surface area contributed by atoms with E-state index in [0.29, 0.717) is 36.0 Å². The number of rotatable bonds is 8. The Balaban J connectivity index is 1.39. The lowest BCUT2D eigenvalue weighted by atomic mass is 9.98. The minimum atomic E-state index is -4.00. The van der Waals surface area contributed by atoms with E-state index < -0.39 is 20.3 Å². The highest BCUT2D eigenvalue weighted by atomic mass is 32.2. The summed E-state index contributed by atoms with van der Waals surface area (Å²) in [5.41, 5.74) is 0.891. The van der Waals surface area contributed by atoms with Crippen LogP contribution in [0, 0.1) is 0 Å². The van der Waals surface area contributed by atoms with Gasteiger partial charge in [-0.2, -0.15) is 0 Å². The third-order valence-corrected chi connectivity index (χ3v) is 7.40. The van der Waals surface area contributed by atoms with Crippen molar-refractivity contribution >= 4 is 38.3 Å². The number of carbonyl (C=O) groups excluding carboxylic acids is 2. The average molecular weight is 498 g/mol. The van der Waals surface area contributed by atoms with Crippen molar-refractivity contribution in [3.63, 3.8) is 0 Å². The van der Waals surface area contributed by atoms with Crippen molar-refractivity contribution in [2.45, 2.75) is 35.8 Å². The zero-order chi connectivity index (χ0) is 23.6. The zero-order valence-corrected chi connectivity index (χ0v) is 19.4. The van der Waals surface area contributed by atoms with Gasteiger partial charge in [-0.05, 0) is 24.1 Å². The number of amides is 2. The quantitative estimate of drug-likeness (QED) is 0.499. The van der Waals surface area contributed by atoms with Gasteiger partial charge in [-0.1, -0.05) is 17.4 Å². The first-order valence-corrected chi connectivity index (χ1v) is 12.5. The standard InChI is InChI=1S/C19H23N5O7S2/c1-29-13-5-4-11(7-14(13)31-17-3-2-6-30-17)12-8-16(26)24(9-12)10-15(25)21-18-22-23-19(32-18)33(20,27)28/h4-5,7,12,17H,2-3,6,8-10H2,1H3,(H2,20,27,28)(H,21,22,25)/t12-,17?/m1/s1. The molecule has 2 atom stereocenters. The molecule has 1 unspecified atom stereocenters. The predicted molar refractivity (Wildman–Crippen MR) is 116 cm³/mol. The largest absolute Gasteiger partial charge is 0.493 e. The van der Waals surface area contributed by atoms with Crippen LogP contribution in [0.3, 0.4) is 0 Å². The second-order valence-corrected chi connectivity index (χ2v) is 10.3. The second-order valence-electron chi connectivity index (χ2n) is 7.61. The van der Waals surface area contributed by atoms with Crippen molar-refractivity contribution < 1.29 is 32.2 Å². The van der Waals surface area contributed by atoms with Crippen LogP contribution in [0.2, 0.25) is 0 Å². The van der Waals surface area contributed by atoms with E-state index in [1.807, 2.05) is 12.1 Å². The molecule has 14 heteroatoms. The minimum Gasteiger partial charge on any atom is -0.493 e. The van der Waals surface area contributed by atoms with Crippen molar-refractivity contribution in [3.8, 4) is 11.5 Å². The number of nitrogens with two attached hydrogens (primary N) is 1. The van der Waals surface area contributed by atoms with Crippen molar-refractivity contribution in [2.24, 2.45) is 5.14 Å². The predicted octanol–water partition coefficient (Wildman–Crippen LogP) is 0.664. The number of nitrogens with one attached hydrogen (secondary N) is 1. The number of hydrogen-bond donors (Lipinski definition) is 2. The van der Waals surface area contributed by atoms with Gasteiger partial charge in [0, 0.05) is 25.3 Å². The van der Waals surface area contributed by atoms with Crippen LogP contribution in [0.1, 0.15) is 30.7 Å². The summed E-state index contributed by atoms with van der Waals surface area (Å²) < 4.78 is 39.0. The van der Waals surface area contributed by atoms with E-state index in [9.17, 15) is 18.0 Å². The summed E-state index contributed by atoms with van der Waals surface area (Å²) in [5, 5.41) is 14.4. The molecule has 0 spiro atoms. The number of primary sulfonamides is 1. The third kappa shape index (κ3) is 5.58. The first kappa shape index (κ1) is 23.4. The first-order valence-electron chi connectivity index (χ1n) is 10.1. The van der Waals surface area contributed by atoms with Gasteiger partial charge in [-0.25, -0.2) is 13.6 Å². The van der Waals surface area contributed by atoms with Gasteiger partial charge in [0.15, 0.2) is 17.8 Å². The summed E-state index contributed by atoms with van der Waals surface area (Å²) in [6.07, 6.45) is 1.65. The number of carbonyl (C=O) groups is 2. The van der Waals surface area contributed by atoms with Gasteiger partial charge >= 0.3 is 0 Å². The van der Waals surface area contributed by atoms with Gasteiger partial charge in [-0.15, -0.1) is 10.2 Å². The Kier molecular flexibility index (Phi) is 6.78. The van der Waals surface area contributed by atoms with Crippen molar-refractivity contribution in [3.05, 3.63) is 23.8 Å². The molecule has 0 aliphatic carbocycles. The Morgan fingerprint density at radius 2 is 2.18 bits per heavy atom. The average Bonchev–Trinajstić information content (AvgIpc) is 3.50. The van der Waals surface area contributed by atoms with Crippen LogP contribution in [0.5, 0.6) is 11.5 Å². The number of benzene rings is 1. The van der Waals surface area contributed by atoms with Gasteiger partial charge in [0.25, 0.3) is 10.0 Å². The summed E-state index contributed by atoms with van der Waals surface area (Å²) in [7, 11) is -2.45. The molecule has 2 aliphatic rings. The summed E-state index contributed by atoms with van der Waals surface area (Å²) in [5.74, 6) is 0.310. The first-order chi connectivity index (χ1) is 15.7. The van der Waals surface area contributed by atoms with E-state index in [-0.39, 0.29) is 36.2 Å². The third-order valence-electron chi connectivity index (χ3n) is 5.25. The van der Waals surface area contributed by atoms with Crippen LogP contribution in [0.15, 0.2) is 22.5 Å². The molecule has 0 bridgehead atoms. The Morgan fingerprint density at radius 1 is 1.36 bits per heavy atom. The SMILES string of the molecule is COc1ccc([C@@H]2CC(=O)N(CC(=O)Nc3nnc(S(N)(=O)=O)s3)C2)cc1OC1CCCO1. The maximum Gasteiger partial charge on any atom is 0.267 e. The number of hydrogen-bond acceptors (Lipinski definition) is 10. The fourth-order valence-electron chi connectivity index (χ4n) is 3.68. The molecular formula is C19H23N5O7S2. The summed E-state index contributed by atoms with van der Waals surface area (Å²) in [6.45, 7) is 0.798. The fourth-order valence-corrected chi connectivity index (χ4v) is 5.03. The molecule has 12 nitrogen and oxygen atoms in total. The van der Waals surface area contributed by atoms with Gasteiger partial charge < -0.3 is 19.1 Å². The molecule has 3 heterocycles. The van der Waals surface area contributed by atoms with Gasteiger partial charge in [-0.3, -0.25) is 14.9 Å². The van der Waals surface area contributed by atoms with Crippen LogP contribution in [0.4, 0.5) is 5.13 Å². The molecule has 3 N–H and O–H groups in total. The molecular weight excluding hydrogens is 474 g/mol. The summed E-state index contributed by atoms with van der Waals surface area (Å²) >= 11 is 0.636. The highest BCUT2D eigenvalue weighted by molar-refractivity contribution is 7.91. The molecule has 178 valence electrons. The lowest BCUT2D eigenvalue weighted by Crippen LogP contribution is -2.34. The van der Waals surface area contributed by atoms with Crippen LogP contribution in [-0.4, -0.2) is 68.4 Å². The molecule has 2 fully saturated rings. The van der Waals surface area contributed by atoms with E-state index in [4.69, 9.17) is 19.3 Å². The fraction of sp³-hybridized carbons (Fsp3) is 0.474. The molecule has 0 saturated carbocycles. The highest BCUT2D eigenvalue weighted by Gasteiger charge is 2.33. The maximum atomic E-state index is 12.5. The number of anilines is 1. The van der Waals surface area contributed by atoms with Crippen molar-refractivity contribution in [2.75, 3.05) is 32.1 Å². The second kappa shape index (κ2) is 9.59. The highest BCUT2D eigenvalue weighted by Crippen LogP contribution is 2.36. The number of aromatic nitrogens is 2. The van der Waals surface area contributed by atoms with Crippen LogP contribution in [-0.2, 0) is 24.3 Å². The van der Waals surface area contributed by atoms with Crippen molar-refractivity contribution in [1.82, 2.24) is 15.1 Å². The number of methoxy groups -OCH3 is 1. The van der Waals surface area contributed by atoms with E-state index in [2.05, 4.69) is 15.5 Å². The van der Waals surface area contributed by atoms with Gasteiger partial charge in [0.1, 0.15) is 0 Å². The Hall–Kier alpha value is -2.81. The molecule has 2 amide bonds. The van der Waals surface area contributed by atoms with Crippen LogP contribution < -0.4 is 19.9 Å². The molecule has 4 rings (SSSR count). The van der Waals surface area contributed by atoms with E-state index in [1.165, 1.54) is 4.90 Å². The number of sulfonamides is 1. The lowest BCUT2D eigenvalue weighted by Gasteiger charge is -2.19. The monoisotopic (exact) mass is 497 g/mol. The zero-order valence-electron chi connectivity index (χ0n) is 17.7. The van der Waals surface area contributed by atoms with Gasteiger partial charge in [0.2, 0.25) is 21.3 Å². The maximum absolute atomic E-state index is 12.5. The smallest absolute Gasteiger partial charge is 0.267 e. The van der Waals surface area contributed by atoms with E-state index in [0.717, 1.165) is 18.4 Å². The number of nitrogens with zero attached hydrogens (tertiary/aromatic N) is 3. The molecule has 2 saturated heterocycles. The topological polar surface area (TPSA) is 163 Å². The summed E-state index contributed by atoms with van der Waals surface area (Å²) in [4.78, 5) is 26.3. The number of likely N-dealkylation sites (tertiary alicyclic amines) is 1. The molecule has 0 radical (unpaired) electrons. The molecule has 2 aromatic rings. The molecule has 1 aromatic heterocycles. The normalized spacial score (nSPS) is 20.8. The van der Waals surface area contributed by atoms with Crippen LogP contribution in [0.25, 0.3) is 0 Å². The minimum absolute atomic E-state index is 0.0155. The molecule has 2 aliphatic heterocycles. The Morgan fingerprint density at radius 3 is 2.85 bits per heavy atom. The molecule has 33 heavy (non-hydrogen) atoms. The summed E-state index contributed by atoms with van der Waals surface area (Å²) in [6, 6.07) is 5.51. The number of ether oxygens (including phenoxy) is 3. The van der Waals surface area contributed by atoms with Crippen LogP contribution >= 0.6 is 11.3 Å². The van der Waals surface area contributed by atoms with E-state index in [1.54, 1.807) is 13.2 Å².